The predicted octanol–water partition coefficient (Wildman–Crippen LogP) is 2.42. The fourth-order valence-electron chi connectivity index (χ4n) is 2.62. The highest BCUT2D eigenvalue weighted by atomic mass is 16.5. The van der Waals surface area contributed by atoms with Crippen LogP contribution in [-0.4, -0.2) is 49.7 Å². The normalized spacial score (nSPS) is 10.7. The minimum Gasteiger partial charge on any atom is -0.461 e. The van der Waals surface area contributed by atoms with Crippen molar-refractivity contribution in [2.75, 3.05) is 13.2 Å². The van der Waals surface area contributed by atoms with Crippen LogP contribution in [0.4, 0.5) is 0 Å². The summed E-state index contributed by atoms with van der Waals surface area (Å²) in [7, 11) is 0. The standard InChI is InChI=1S/C19H21N5O4/c1-5-27-18(25)16-12(3)10-23(21-16)14-8-7-9-15(20-14)24-11-13(4)17(22-24)19(26)28-6-2/h7-11H,5-6H2,1-4H3. The molecule has 0 aliphatic carbocycles. The third kappa shape index (κ3) is 3.78. The third-order valence-electron chi connectivity index (χ3n) is 3.92. The van der Waals surface area contributed by atoms with Crippen LogP contribution in [-0.2, 0) is 9.47 Å². The number of pyridine rings is 1. The third-order valence-corrected chi connectivity index (χ3v) is 3.92. The van der Waals surface area contributed by atoms with E-state index >= 15 is 0 Å². The molecule has 0 spiro atoms. The van der Waals surface area contributed by atoms with Gasteiger partial charge in [0.2, 0.25) is 0 Å². The number of nitrogens with zero attached hydrogens (tertiary/aromatic N) is 5. The molecule has 9 nitrogen and oxygen atoms in total. The van der Waals surface area contributed by atoms with Crippen LogP contribution in [0, 0.1) is 13.8 Å². The van der Waals surface area contributed by atoms with Crippen molar-refractivity contribution < 1.29 is 19.1 Å². The SMILES string of the molecule is CCOC(=O)c1nn(-c2cccc(-n3cc(C)c(C(=O)OCC)n3)n2)cc1C. The first-order valence-electron chi connectivity index (χ1n) is 8.89. The molecule has 0 aliphatic rings. The number of ether oxygens (including phenoxy) is 2. The first-order valence-corrected chi connectivity index (χ1v) is 8.89. The van der Waals surface area contributed by atoms with Gasteiger partial charge in [0.1, 0.15) is 0 Å². The second-order valence-electron chi connectivity index (χ2n) is 6.01. The van der Waals surface area contributed by atoms with Crippen molar-refractivity contribution >= 4 is 11.9 Å². The fourth-order valence-corrected chi connectivity index (χ4v) is 2.62. The molecule has 0 saturated heterocycles. The largest absolute Gasteiger partial charge is 0.461 e. The minimum atomic E-state index is -0.475. The number of esters is 2. The zero-order chi connectivity index (χ0) is 20.3. The minimum absolute atomic E-state index is 0.244. The fraction of sp³-hybridized carbons (Fsp3) is 0.316. The molecule has 0 unspecified atom stereocenters. The van der Waals surface area contributed by atoms with E-state index in [1.54, 1.807) is 58.3 Å². The second kappa shape index (κ2) is 8.03. The maximum atomic E-state index is 12.0. The van der Waals surface area contributed by atoms with Crippen LogP contribution < -0.4 is 0 Å². The molecule has 3 rings (SSSR count). The molecule has 3 aromatic rings. The number of hydrogen-bond acceptors (Lipinski definition) is 7. The summed E-state index contributed by atoms with van der Waals surface area (Å²) in [6, 6.07) is 5.31. The summed E-state index contributed by atoms with van der Waals surface area (Å²) in [4.78, 5) is 28.5. The molecule has 0 aliphatic heterocycles. The molecule has 28 heavy (non-hydrogen) atoms. The molecular formula is C19H21N5O4. The van der Waals surface area contributed by atoms with Crippen molar-refractivity contribution in [1.29, 1.82) is 0 Å². The van der Waals surface area contributed by atoms with E-state index in [1.807, 2.05) is 0 Å². The van der Waals surface area contributed by atoms with E-state index in [0.717, 1.165) is 0 Å². The van der Waals surface area contributed by atoms with Gasteiger partial charge in [0.15, 0.2) is 23.0 Å². The maximum Gasteiger partial charge on any atom is 0.359 e. The van der Waals surface area contributed by atoms with E-state index in [0.29, 0.717) is 22.8 Å². The van der Waals surface area contributed by atoms with Crippen LogP contribution in [0.5, 0.6) is 0 Å². The van der Waals surface area contributed by atoms with Gasteiger partial charge in [0.05, 0.1) is 13.2 Å². The lowest BCUT2D eigenvalue weighted by atomic mass is 10.3. The molecular weight excluding hydrogens is 362 g/mol. The van der Waals surface area contributed by atoms with Crippen LogP contribution in [0.1, 0.15) is 46.0 Å². The molecule has 9 heteroatoms. The number of aromatic nitrogens is 5. The molecule has 0 atom stereocenters. The Hall–Kier alpha value is -3.49. The number of carbonyl (C=O) groups is 2. The number of rotatable bonds is 6. The van der Waals surface area contributed by atoms with E-state index in [4.69, 9.17) is 9.47 Å². The Morgan fingerprint density at radius 1 is 0.857 bits per heavy atom. The quantitative estimate of drug-likeness (QED) is 0.603. The summed E-state index contributed by atoms with van der Waals surface area (Å²) >= 11 is 0. The summed E-state index contributed by atoms with van der Waals surface area (Å²) in [6.45, 7) is 7.60. The maximum absolute atomic E-state index is 12.0. The van der Waals surface area contributed by atoms with Gasteiger partial charge in [0.25, 0.3) is 0 Å². The number of aryl methyl sites for hydroxylation is 2. The van der Waals surface area contributed by atoms with Crippen LogP contribution in [0.2, 0.25) is 0 Å². The van der Waals surface area contributed by atoms with Crippen molar-refractivity contribution in [3.05, 3.63) is 53.1 Å². The van der Waals surface area contributed by atoms with Gasteiger partial charge in [-0.15, -0.1) is 0 Å². The topological polar surface area (TPSA) is 101 Å². The monoisotopic (exact) mass is 383 g/mol. The van der Waals surface area contributed by atoms with E-state index in [-0.39, 0.29) is 24.6 Å². The van der Waals surface area contributed by atoms with Gasteiger partial charge in [0, 0.05) is 23.5 Å². The van der Waals surface area contributed by atoms with E-state index in [1.165, 1.54) is 9.36 Å². The lowest BCUT2D eigenvalue weighted by Crippen LogP contribution is -2.09. The zero-order valence-electron chi connectivity index (χ0n) is 16.2. The second-order valence-corrected chi connectivity index (χ2v) is 6.01. The molecule has 0 radical (unpaired) electrons. The van der Waals surface area contributed by atoms with Crippen LogP contribution in [0.3, 0.4) is 0 Å². The average Bonchev–Trinajstić information content (AvgIpc) is 3.25. The molecule has 3 heterocycles. The molecule has 3 aromatic heterocycles. The smallest absolute Gasteiger partial charge is 0.359 e. The van der Waals surface area contributed by atoms with Gasteiger partial charge in [-0.2, -0.15) is 10.2 Å². The lowest BCUT2D eigenvalue weighted by molar-refractivity contribution is 0.0508. The van der Waals surface area contributed by atoms with Gasteiger partial charge < -0.3 is 9.47 Å². The van der Waals surface area contributed by atoms with Crippen LogP contribution >= 0.6 is 0 Å². The molecule has 0 N–H and O–H groups in total. The Labute approximate surface area is 161 Å². The summed E-state index contributed by atoms with van der Waals surface area (Å²) in [5.74, 6) is 0.0531. The van der Waals surface area contributed by atoms with E-state index < -0.39 is 11.9 Å². The van der Waals surface area contributed by atoms with Gasteiger partial charge in [-0.05, 0) is 39.8 Å². The predicted molar refractivity (Wildman–Crippen MR) is 99.9 cm³/mol. The van der Waals surface area contributed by atoms with Crippen molar-refractivity contribution in [2.24, 2.45) is 0 Å². The van der Waals surface area contributed by atoms with Gasteiger partial charge in [-0.3, -0.25) is 0 Å². The Morgan fingerprint density at radius 2 is 1.29 bits per heavy atom. The molecule has 0 fully saturated rings. The molecule has 0 bridgehead atoms. The molecule has 146 valence electrons. The first kappa shape index (κ1) is 19.3. The van der Waals surface area contributed by atoms with Gasteiger partial charge in [-0.1, -0.05) is 6.07 Å². The average molecular weight is 383 g/mol. The van der Waals surface area contributed by atoms with Crippen molar-refractivity contribution in [3.8, 4) is 11.6 Å². The highest BCUT2D eigenvalue weighted by Crippen LogP contribution is 2.15. The number of carbonyl (C=O) groups excluding carboxylic acids is 2. The van der Waals surface area contributed by atoms with Crippen molar-refractivity contribution in [1.82, 2.24) is 24.5 Å². The Morgan fingerprint density at radius 3 is 1.68 bits per heavy atom. The lowest BCUT2D eigenvalue weighted by Gasteiger charge is -2.04. The summed E-state index contributed by atoms with van der Waals surface area (Å²) in [5.41, 5.74) is 1.86. The Bertz CT molecular complexity index is 944. The number of hydrogen-bond donors (Lipinski definition) is 0. The summed E-state index contributed by atoms with van der Waals surface area (Å²) in [6.07, 6.45) is 3.41. The Kier molecular flexibility index (Phi) is 5.53. The zero-order valence-corrected chi connectivity index (χ0v) is 16.2. The molecule has 0 amide bonds. The van der Waals surface area contributed by atoms with Crippen molar-refractivity contribution in [3.63, 3.8) is 0 Å². The molecule has 0 aromatic carbocycles. The highest BCUT2D eigenvalue weighted by molar-refractivity contribution is 5.89. The van der Waals surface area contributed by atoms with Crippen LogP contribution in [0.25, 0.3) is 11.6 Å². The van der Waals surface area contributed by atoms with Gasteiger partial charge in [-0.25, -0.2) is 23.9 Å². The van der Waals surface area contributed by atoms with Crippen molar-refractivity contribution in [2.45, 2.75) is 27.7 Å². The van der Waals surface area contributed by atoms with E-state index in [9.17, 15) is 9.59 Å². The van der Waals surface area contributed by atoms with Crippen LogP contribution in [0.15, 0.2) is 30.6 Å². The van der Waals surface area contributed by atoms with E-state index in [2.05, 4.69) is 15.2 Å². The summed E-state index contributed by atoms with van der Waals surface area (Å²) in [5, 5.41) is 8.57. The highest BCUT2D eigenvalue weighted by Gasteiger charge is 2.18. The first-order chi connectivity index (χ1) is 13.4. The summed E-state index contributed by atoms with van der Waals surface area (Å²) < 4.78 is 13.0. The Balaban J connectivity index is 1.94. The van der Waals surface area contributed by atoms with Gasteiger partial charge >= 0.3 is 11.9 Å². The molecule has 0 saturated carbocycles.